The Bertz CT molecular complexity index is 960. The van der Waals surface area contributed by atoms with Crippen molar-refractivity contribution < 1.29 is 4.74 Å². The van der Waals surface area contributed by atoms with Gasteiger partial charge in [0, 0.05) is 32.0 Å². The zero-order chi connectivity index (χ0) is 17.9. The lowest BCUT2D eigenvalue weighted by Crippen LogP contribution is -2.41. The molecular formula is C19H20N6O. The summed E-state index contributed by atoms with van der Waals surface area (Å²) >= 11 is 0. The average Bonchev–Trinajstić information content (AvgIpc) is 3.04. The first-order valence-corrected chi connectivity index (χ1v) is 8.67. The van der Waals surface area contributed by atoms with Gasteiger partial charge in [-0.25, -0.2) is 9.97 Å². The number of nitriles is 1. The van der Waals surface area contributed by atoms with Crippen molar-refractivity contribution in [2.24, 2.45) is 0 Å². The van der Waals surface area contributed by atoms with Gasteiger partial charge in [0.05, 0.1) is 12.7 Å². The topological polar surface area (TPSA) is 78.5 Å². The molecule has 1 fully saturated rings. The van der Waals surface area contributed by atoms with Crippen LogP contribution in [-0.2, 0) is 11.3 Å². The largest absolute Gasteiger partial charge is 0.375 e. The number of nitrogens with one attached hydrogen (secondary N) is 1. The second kappa shape index (κ2) is 7.02. The zero-order valence-corrected chi connectivity index (χ0v) is 14.6. The lowest BCUT2D eigenvalue weighted by atomic mass is 10.2. The van der Waals surface area contributed by atoms with E-state index < -0.39 is 0 Å². The highest BCUT2D eigenvalue weighted by Crippen LogP contribution is 2.20. The van der Waals surface area contributed by atoms with Crippen LogP contribution in [0.1, 0.15) is 18.2 Å². The minimum absolute atomic E-state index is 0.212. The number of aromatic nitrogens is 3. The van der Waals surface area contributed by atoms with Crippen molar-refractivity contribution in [1.82, 2.24) is 14.4 Å². The zero-order valence-electron chi connectivity index (χ0n) is 14.6. The Morgan fingerprint density at radius 2 is 2.31 bits per heavy atom. The van der Waals surface area contributed by atoms with Gasteiger partial charge in [-0.05, 0) is 36.8 Å². The number of fused-ring (bicyclic) bond motifs is 1. The lowest BCUT2D eigenvalue weighted by Gasteiger charge is -2.32. The molecule has 132 valence electrons. The first-order valence-electron chi connectivity index (χ1n) is 8.67. The van der Waals surface area contributed by atoms with Crippen LogP contribution >= 0.6 is 0 Å². The van der Waals surface area contributed by atoms with Crippen molar-refractivity contribution in [3.05, 3.63) is 54.0 Å². The summed E-state index contributed by atoms with van der Waals surface area (Å²) in [7, 11) is 0. The fraction of sp³-hybridized carbons (Fsp3) is 0.316. The smallest absolute Gasteiger partial charge is 0.168 e. The molecule has 1 saturated heterocycles. The summed E-state index contributed by atoms with van der Waals surface area (Å²) in [5.74, 6) is 1.55. The van der Waals surface area contributed by atoms with Crippen molar-refractivity contribution in [1.29, 1.82) is 5.26 Å². The minimum Gasteiger partial charge on any atom is -0.375 e. The molecule has 0 aliphatic carbocycles. The number of nitrogens with zero attached hydrogens (tertiary/aromatic N) is 5. The summed E-state index contributed by atoms with van der Waals surface area (Å²) in [5.41, 5.74) is 2.36. The molecule has 7 nitrogen and oxygen atoms in total. The molecule has 0 radical (unpaired) electrons. The van der Waals surface area contributed by atoms with E-state index in [-0.39, 0.29) is 6.10 Å². The van der Waals surface area contributed by atoms with Crippen molar-refractivity contribution >= 4 is 17.3 Å². The van der Waals surface area contributed by atoms with Gasteiger partial charge in [-0.2, -0.15) is 5.26 Å². The van der Waals surface area contributed by atoms with E-state index in [1.807, 2.05) is 36.7 Å². The summed E-state index contributed by atoms with van der Waals surface area (Å²) in [6.07, 6.45) is 3.88. The Labute approximate surface area is 151 Å². The molecule has 0 amide bonds. The standard InChI is InChI=1S/C19H20N6O/c1-14-13-24(8-9-26-14)18-10-15(5-6-21-18)12-22-19-16(11-20)25-7-3-2-4-17(25)23-19/h2-7,10,14,22H,8-9,12-13H2,1H3. The van der Waals surface area contributed by atoms with Crippen LogP contribution in [-0.4, -0.2) is 40.2 Å². The van der Waals surface area contributed by atoms with E-state index >= 15 is 0 Å². The highest BCUT2D eigenvalue weighted by Gasteiger charge is 2.18. The molecule has 0 spiro atoms. The monoisotopic (exact) mass is 348 g/mol. The second-order valence-electron chi connectivity index (χ2n) is 6.35. The Kier molecular flexibility index (Phi) is 4.42. The van der Waals surface area contributed by atoms with Gasteiger partial charge in [-0.3, -0.25) is 4.40 Å². The van der Waals surface area contributed by atoms with E-state index in [4.69, 9.17) is 4.74 Å². The number of imidazole rings is 1. The van der Waals surface area contributed by atoms with Gasteiger partial charge in [0.1, 0.15) is 17.5 Å². The van der Waals surface area contributed by atoms with Crippen molar-refractivity contribution in [3.63, 3.8) is 0 Å². The molecule has 1 unspecified atom stereocenters. The van der Waals surface area contributed by atoms with Crippen LogP contribution in [0.5, 0.6) is 0 Å². The van der Waals surface area contributed by atoms with E-state index in [1.165, 1.54) is 0 Å². The molecule has 3 aromatic rings. The number of ether oxygens (including phenoxy) is 1. The fourth-order valence-corrected chi connectivity index (χ4v) is 3.18. The van der Waals surface area contributed by atoms with Gasteiger partial charge in [0.15, 0.2) is 11.5 Å². The molecule has 7 heteroatoms. The molecule has 1 aliphatic heterocycles. The maximum atomic E-state index is 9.46. The Morgan fingerprint density at radius 1 is 1.38 bits per heavy atom. The Hall–Kier alpha value is -3.11. The number of hydrogen-bond acceptors (Lipinski definition) is 6. The molecule has 26 heavy (non-hydrogen) atoms. The summed E-state index contributed by atoms with van der Waals surface area (Å²) in [6, 6.07) is 12.0. The van der Waals surface area contributed by atoms with Gasteiger partial charge >= 0.3 is 0 Å². The van der Waals surface area contributed by atoms with Crippen LogP contribution < -0.4 is 10.2 Å². The van der Waals surface area contributed by atoms with Crippen LogP contribution in [0.4, 0.5) is 11.6 Å². The molecule has 0 bridgehead atoms. The van der Waals surface area contributed by atoms with Gasteiger partial charge < -0.3 is 15.0 Å². The van der Waals surface area contributed by atoms with Crippen molar-refractivity contribution in [2.75, 3.05) is 29.9 Å². The third-order valence-corrected chi connectivity index (χ3v) is 4.47. The number of pyridine rings is 2. The number of rotatable bonds is 4. The Morgan fingerprint density at radius 3 is 3.15 bits per heavy atom. The summed E-state index contributed by atoms with van der Waals surface area (Å²) in [5, 5.41) is 12.7. The number of morpholine rings is 1. The molecule has 1 aliphatic rings. The molecule has 4 heterocycles. The van der Waals surface area contributed by atoms with E-state index in [1.54, 1.807) is 4.40 Å². The fourth-order valence-electron chi connectivity index (χ4n) is 3.18. The summed E-state index contributed by atoms with van der Waals surface area (Å²) in [6.45, 7) is 5.06. The predicted molar refractivity (Wildman–Crippen MR) is 99.1 cm³/mol. The van der Waals surface area contributed by atoms with E-state index in [0.717, 1.165) is 36.7 Å². The maximum absolute atomic E-state index is 9.46. The summed E-state index contributed by atoms with van der Waals surface area (Å²) in [4.78, 5) is 11.2. The van der Waals surface area contributed by atoms with Crippen LogP contribution in [0.25, 0.3) is 5.65 Å². The number of anilines is 2. The quantitative estimate of drug-likeness (QED) is 0.780. The van der Waals surface area contributed by atoms with E-state index in [9.17, 15) is 5.26 Å². The van der Waals surface area contributed by atoms with Crippen molar-refractivity contribution in [2.45, 2.75) is 19.6 Å². The highest BCUT2D eigenvalue weighted by atomic mass is 16.5. The van der Waals surface area contributed by atoms with Crippen LogP contribution in [0, 0.1) is 11.3 Å². The first-order chi connectivity index (χ1) is 12.7. The van der Waals surface area contributed by atoms with E-state index in [2.05, 4.69) is 39.2 Å². The molecule has 0 aromatic carbocycles. The second-order valence-corrected chi connectivity index (χ2v) is 6.35. The number of hydrogen-bond donors (Lipinski definition) is 1. The molecule has 1 N–H and O–H groups in total. The van der Waals surface area contributed by atoms with Crippen molar-refractivity contribution in [3.8, 4) is 6.07 Å². The third-order valence-electron chi connectivity index (χ3n) is 4.47. The molecule has 0 saturated carbocycles. The normalized spacial score (nSPS) is 17.2. The van der Waals surface area contributed by atoms with Gasteiger partial charge in [-0.1, -0.05) is 6.07 Å². The average molecular weight is 348 g/mol. The molecule has 3 aromatic heterocycles. The molecule has 4 rings (SSSR count). The lowest BCUT2D eigenvalue weighted by molar-refractivity contribution is 0.0529. The van der Waals surface area contributed by atoms with Gasteiger partial charge in [0.25, 0.3) is 0 Å². The van der Waals surface area contributed by atoms with Crippen LogP contribution in [0.15, 0.2) is 42.7 Å². The third kappa shape index (κ3) is 3.19. The van der Waals surface area contributed by atoms with Crippen LogP contribution in [0.3, 0.4) is 0 Å². The molecular weight excluding hydrogens is 328 g/mol. The van der Waals surface area contributed by atoms with Gasteiger partial charge in [0.2, 0.25) is 0 Å². The predicted octanol–water partition coefficient (Wildman–Crippen LogP) is 2.44. The Balaban J connectivity index is 1.52. The van der Waals surface area contributed by atoms with Crippen LogP contribution in [0.2, 0.25) is 0 Å². The summed E-state index contributed by atoms with van der Waals surface area (Å²) < 4.78 is 7.38. The molecule has 1 atom stereocenters. The maximum Gasteiger partial charge on any atom is 0.168 e. The van der Waals surface area contributed by atoms with E-state index in [0.29, 0.717) is 18.1 Å². The minimum atomic E-state index is 0.212. The first kappa shape index (κ1) is 16.4. The SMILES string of the molecule is CC1CN(c2cc(CNc3nc4ccccn4c3C#N)ccn2)CCO1. The highest BCUT2D eigenvalue weighted by molar-refractivity contribution is 5.59. The van der Waals surface area contributed by atoms with Gasteiger partial charge in [-0.15, -0.1) is 0 Å².